The maximum atomic E-state index is 11.8. The van der Waals surface area contributed by atoms with Crippen molar-refractivity contribution in [1.29, 1.82) is 0 Å². The SMILES string of the molecule is NC(=O)Nc1c2c(cc3c1CCC3=O)CCC2.NSc1cnn2c1OCCCC2. The van der Waals surface area contributed by atoms with Gasteiger partial charge < -0.3 is 15.8 Å². The van der Waals surface area contributed by atoms with E-state index in [1.54, 1.807) is 6.20 Å². The van der Waals surface area contributed by atoms with Crippen molar-refractivity contribution in [2.24, 2.45) is 10.9 Å². The lowest BCUT2D eigenvalue weighted by atomic mass is 9.98. The van der Waals surface area contributed by atoms with E-state index in [1.807, 2.05) is 10.7 Å². The minimum Gasteiger partial charge on any atom is -0.477 e. The molecular formula is C20H25N5O3S. The number of primary amides is 1. The van der Waals surface area contributed by atoms with Crippen LogP contribution in [0.25, 0.3) is 0 Å². The van der Waals surface area contributed by atoms with Crippen molar-refractivity contribution in [3.63, 3.8) is 0 Å². The van der Waals surface area contributed by atoms with E-state index >= 15 is 0 Å². The van der Waals surface area contributed by atoms with Crippen LogP contribution in [0.1, 0.15) is 52.7 Å². The summed E-state index contributed by atoms with van der Waals surface area (Å²) < 4.78 is 7.39. The smallest absolute Gasteiger partial charge is 0.316 e. The quantitative estimate of drug-likeness (QED) is 0.648. The number of ketones is 1. The first-order valence-electron chi connectivity index (χ1n) is 9.91. The Morgan fingerprint density at radius 2 is 2.03 bits per heavy atom. The van der Waals surface area contributed by atoms with E-state index in [0.717, 1.165) is 79.3 Å². The predicted molar refractivity (Wildman–Crippen MR) is 111 cm³/mol. The van der Waals surface area contributed by atoms with Crippen molar-refractivity contribution in [3.05, 3.63) is 34.5 Å². The van der Waals surface area contributed by atoms with Crippen LogP contribution in [0.4, 0.5) is 10.5 Å². The molecule has 0 saturated heterocycles. The number of nitrogens with zero attached hydrogens (tertiary/aromatic N) is 2. The number of benzene rings is 1. The van der Waals surface area contributed by atoms with E-state index in [1.165, 1.54) is 23.1 Å². The summed E-state index contributed by atoms with van der Waals surface area (Å²) in [5.74, 6) is 1.02. The Bertz CT molecular complexity index is 956. The van der Waals surface area contributed by atoms with E-state index in [0.29, 0.717) is 6.42 Å². The van der Waals surface area contributed by atoms with E-state index < -0.39 is 6.03 Å². The Morgan fingerprint density at radius 3 is 2.83 bits per heavy atom. The van der Waals surface area contributed by atoms with Crippen molar-refractivity contribution >= 4 is 29.4 Å². The number of rotatable bonds is 2. The van der Waals surface area contributed by atoms with Gasteiger partial charge in [-0.05, 0) is 73.2 Å². The first kappa shape index (κ1) is 19.8. The molecule has 0 spiro atoms. The predicted octanol–water partition coefficient (Wildman–Crippen LogP) is 2.82. The summed E-state index contributed by atoms with van der Waals surface area (Å²) in [7, 11) is 0. The second kappa shape index (κ2) is 8.46. The largest absolute Gasteiger partial charge is 0.477 e. The zero-order chi connectivity index (χ0) is 20.4. The third kappa shape index (κ3) is 3.97. The Labute approximate surface area is 173 Å². The number of hydrogen-bond donors (Lipinski definition) is 3. The van der Waals surface area contributed by atoms with Gasteiger partial charge in [0.25, 0.3) is 0 Å². The summed E-state index contributed by atoms with van der Waals surface area (Å²) in [6.07, 6.45) is 8.28. The molecule has 0 unspecified atom stereocenters. The molecule has 0 atom stereocenters. The highest BCUT2D eigenvalue weighted by atomic mass is 32.2. The number of aryl methyl sites for hydroxylation is 2. The molecule has 1 aliphatic heterocycles. The number of ether oxygens (including phenoxy) is 1. The molecule has 2 amide bonds. The highest BCUT2D eigenvalue weighted by Gasteiger charge is 2.28. The van der Waals surface area contributed by atoms with Gasteiger partial charge in [-0.3, -0.25) is 9.93 Å². The summed E-state index contributed by atoms with van der Waals surface area (Å²) in [5, 5.41) is 12.3. The first-order chi connectivity index (χ1) is 14.1. The first-order valence-corrected chi connectivity index (χ1v) is 10.8. The normalized spacial score (nSPS) is 16.7. The number of Topliss-reactive ketones (excluding diaryl/α,β-unsaturated/α-hetero) is 1. The Hall–Kier alpha value is -2.52. The molecule has 154 valence electrons. The molecule has 5 N–H and O–H groups in total. The summed E-state index contributed by atoms with van der Waals surface area (Å²) in [6.45, 7) is 1.72. The zero-order valence-electron chi connectivity index (χ0n) is 16.2. The number of amides is 2. The van der Waals surface area contributed by atoms with Gasteiger partial charge in [-0.2, -0.15) is 5.10 Å². The van der Waals surface area contributed by atoms with Crippen LogP contribution >= 0.6 is 11.9 Å². The number of aromatic nitrogens is 2. The number of urea groups is 1. The van der Waals surface area contributed by atoms with Gasteiger partial charge in [0.2, 0.25) is 5.88 Å². The lowest BCUT2D eigenvalue weighted by Crippen LogP contribution is -2.21. The molecule has 0 radical (unpaired) electrons. The fourth-order valence-electron chi connectivity index (χ4n) is 4.22. The fraction of sp³-hybridized carbons (Fsp3) is 0.450. The monoisotopic (exact) mass is 415 g/mol. The van der Waals surface area contributed by atoms with Crippen LogP contribution in [0.15, 0.2) is 17.2 Å². The number of carbonyl (C=O) groups is 2. The van der Waals surface area contributed by atoms with Crippen LogP contribution in [0, 0.1) is 0 Å². The molecule has 0 bridgehead atoms. The number of carbonyl (C=O) groups excluding carboxylic acids is 2. The molecule has 2 heterocycles. The van der Waals surface area contributed by atoms with Gasteiger partial charge in [-0.25, -0.2) is 9.48 Å². The molecular weight excluding hydrogens is 390 g/mol. The highest BCUT2D eigenvalue weighted by Crippen LogP contribution is 2.38. The molecule has 8 nitrogen and oxygen atoms in total. The summed E-state index contributed by atoms with van der Waals surface area (Å²) >= 11 is 1.19. The Balaban J connectivity index is 0.000000150. The van der Waals surface area contributed by atoms with Gasteiger partial charge >= 0.3 is 6.03 Å². The maximum absolute atomic E-state index is 11.8. The van der Waals surface area contributed by atoms with E-state index in [2.05, 4.69) is 10.4 Å². The van der Waals surface area contributed by atoms with Crippen LogP contribution in [0.5, 0.6) is 5.88 Å². The molecule has 0 saturated carbocycles. The molecule has 1 aromatic carbocycles. The molecule has 1 aromatic heterocycles. The van der Waals surface area contributed by atoms with Gasteiger partial charge in [-0.1, -0.05) is 0 Å². The Morgan fingerprint density at radius 1 is 1.17 bits per heavy atom. The third-order valence-corrected chi connectivity index (χ3v) is 6.08. The van der Waals surface area contributed by atoms with Gasteiger partial charge in [0, 0.05) is 24.2 Å². The summed E-state index contributed by atoms with van der Waals surface area (Å²) in [6, 6.07) is 1.46. The Kier molecular flexibility index (Phi) is 5.77. The summed E-state index contributed by atoms with van der Waals surface area (Å²) in [5.41, 5.74) is 10.2. The van der Waals surface area contributed by atoms with Gasteiger partial charge in [-0.15, -0.1) is 0 Å². The third-order valence-electron chi connectivity index (χ3n) is 5.55. The number of hydrogen-bond acceptors (Lipinski definition) is 6. The van der Waals surface area contributed by atoms with Crippen LogP contribution in [-0.4, -0.2) is 28.2 Å². The van der Waals surface area contributed by atoms with Crippen molar-refractivity contribution < 1.29 is 14.3 Å². The lowest BCUT2D eigenvalue weighted by Gasteiger charge is -2.14. The average Bonchev–Trinajstić information content (AvgIpc) is 3.38. The topological polar surface area (TPSA) is 125 Å². The van der Waals surface area contributed by atoms with Crippen molar-refractivity contribution in [2.45, 2.75) is 56.4 Å². The molecule has 0 fully saturated rings. The fourth-order valence-corrected chi connectivity index (χ4v) is 4.59. The minimum absolute atomic E-state index is 0.183. The number of nitrogens with two attached hydrogens (primary N) is 2. The summed E-state index contributed by atoms with van der Waals surface area (Å²) in [4.78, 5) is 23.8. The number of fused-ring (bicyclic) bond motifs is 3. The van der Waals surface area contributed by atoms with E-state index in [9.17, 15) is 9.59 Å². The maximum Gasteiger partial charge on any atom is 0.316 e. The van der Waals surface area contributed by atoms with Crippen molar-refractivity contribution in [2.75, 3.05) is 11.9 Å². The minimum atomic E-state index is -0.549. The second-order valence-corrected chi connectivity index (χ2v) is 8.07. The van der Waals surface area contributed by atoms with Crippen molar-refractivity contribution in [3.8, 4) is 5.88 Å². The molecule has 5 rings (SSSR count). The zero-order valence-corrected chi connectivity index (χ0v) is 17.0. The van der Waals surface area contributed by atoms with Gasteiger partial charge in [0.05, 0.1) is 12.8 Å². The highest BCUT2D eigenvalue weighted by molar-refractivity contribution is 7.97. The van der Waals surface area contributed by atoms with Crippen LogP contribution in [-0.2, 0) is 25.8 Å². The number of nitrogens with one attached hydrogen (secondary N) is 1. The van der Waals surface area contributed by atoms with Crippen LogP contribution in [0.2, 0.25) is 0 Å². The lowest BCUT2D eigenvalue weighted by molar-refractivity contribution is 0.0994. The average molecular weight is 416 g/mol. The van der Waals surface area contributed by atoms with Gasteiger partial charge in [0.15, 0.2) is 5.78 Å². The number of anilines is 1. The second-order valence-electron chi connectivity index (χ2n) is 7.39. The van der Waals surface area contributed by atoms with Crippen molar-refractivity contribution in [1.82, 2.24) is 9.78 Å². The molecule has 3 aliphatic rings. The standard InChI is InChI=1S/C13H14N2O2.C7H11N3OS/c14-13(17)15-12-8-3-1-2-7(8)6-10-9(12)4-5-11(10)16;8-12-6-5-9-10-3-1-2-4-11-7(6)10/h6H,1-5H2,(H3,14,15,17);5H,1-4,8H2. The van der Waals surface area contributed by atoms with Crippen LogP contribution in [0.3, 0.4) is 0 Å². The molecule has 9 heteroatoms. The van der Waals surface area contributed by atoms with E-state index in [-0.39, 0.29) is 5.78 Å². The molecule has 2 aliphatic carbocycles. The van der Waals surface area contributed by atoms with Gasteiger partial charge in [0.1, 0.15) is 4.90 Å². The van der Waals surface area contributed by atoms with E-state index in [4.69, 9.17) is 15.6 Å². The molecule has 29 heavy (non-hydrogen) atoms. The van der Waals surface area contributed by atoms with Crippen LogP contribution < -0.4 is 20.9 Å². The molecule has 2 aromatic rings.